The lowest BCUT2D eigenvalue weighted by Gasteiger charge is -2.11. The minimum absolute atomic E-state index is 0.291. The summed E-state index contributed by atoms with van der Waals surface area (Å²) in [6, 6.07) is 4.41. The van der Waals surface area contributed by atoms with Crippen LogP contribution in [0.5, 0.6) is 5.75 Å². The van der Waals surface area contributed by atoms with Crippen molar-refractivity contribution in [3.8, 4) is 5.75 Å². The van der Waals surface area contributed by atoms with Crippen LogP contribution in [0.4, 0.5) is 13.2 Å². The number of halogens is 3. The van der Waals surface area contributed by atoms with E-state index >= 15 is 0 Å². The van der Waals surface area contributed by atoms with Crippen LogP contribution in [-0.2, 0) is 5.92 Å². The lowest BCUT2D eigenvalue weighted by molar-refractivity contribution is -0.0282. The maximum absolute atomic E-state index is 12.6. The Morgan fingerprint density at radius 2 is 2.00 bits per heavy atom. The normalized spacial score (nSPS) is 11.6. The molecule has 66 valence electrons. The topological polar surface area (TPSA) is 20.2 Å². The second kappa shape index (κ2) is 3.05. The van der Waals surface area contributed by atoms with E-state index in [0.717, 1.165) is 12.1 Å². The van der Waals surface area contributed by atoms with Crippen LogP contribution in [0.2, 0.25) is 0 Å². The molecule has 0 aliphatic carbocycles. The van der Waals surface area contributed by atoms with Crippen LogP contribution in [0, 0.1) is 0 Å². The van der Waals surface area contributed by atoms with Crippen LogP contribution in [0.25, 0.3) is 0 Å². The van der Waals surface area contributed by atoms with Crippen molar-refractivity contribution in [2.45, 2.75) is 5.92 Å². The molecule has 4 heteroatoms. The van der Waals surface area contributed by atoms with Crippen LogP contribution in [-0.4, -0.2) is 11.8 Å². The Morgan fingerprint density at radius 3 is 2.50 bits per heavy atom. The summed E-state index contributed by atoms with van der Waals surface area (Å²) >= 11 is 0. The van der Waals surface area contributed by atoms with Crippen LogP contribution < -0.4 is 0 Å². The zero-order valence-corrected chi connectivity index (χ0v) is 6.10. The molecular formula is C8H7F3O. The van der Waals surface area contributed by atoms with Crippen LogP contribution >= 0.6 is 0 Å². The van der Waals surface area contributed by atoms with Gasteiger partial charge in [0.15, 0.2) is 6.67 Å². The van der Waals surface area contributed by atoms with Crippen LogP contribution in [0.3, 0.4) is 0 Å². The van der Waals surface area contributed by atoms with Gasteiger partial charge in [-0.15, -0.1) is 0 Å². The van der Waals surface area contributed by atoms with Crippen molar-refractivity contribution in [1.82, 2.24) is 0 Å². The molecule has 0 fully saturated rings. The monoisotopic (exact) mass is 176 g/mol. The minimum atomic E-state index is -3.50. The predicted octanol–water partition coefficient (Wildman–Crippen LogP) is 2.45. The van der Waals surface area contributed by atoms with Gasteiger partial charge < -0.3 is 5.11 Å². The Bertz CT molecular complexity index is 273. The molecule has 1 N–H and O–H groups in total. The van der Waals surface area contributed by atoms with Gasteiger partial charge in [0, 0.05) is 5.56 Å². The zero-order chi connectivity index (χ0) is 9.19. The zero-order valence-electron chi connectivity index (χ0n) is 6.10. The van der Waals surface area contributed by atoms with Crippen molar-refractivity contribution in [3.63, 3.8) is 0 Å². The summed E-state index contributed by atoms with van der Waals surface area (Å²) in [6.45, 7) is -1.75. The van der Waals surface area contributed by atoms with E-state index in [-0.39, 0.29) is 5.75 Å². The van der Waals surface area contributed by atoms with Crippen LogP contribution in [0.15, 0.2) is 24.3 Å². The fourth-order valence-electron chi connectivity index (χ4n) is 0.811. The molecule has 0 radical (unpaired) electrons. The third-order valence-corrected chi connectivity index (χ3v) is 1.44. The summed E-state index contributed by atoms with van der Waals surface area (Å²) in [5.41, 5.74) is -0.509. The van der Waals surface area contributed by atoms with Crippen molar-refractivity contribution in [2.24, 2.45) is 0 Å². The third kappa shape index (κ3) is 1.69. The number of rotatable bonds is 2. The molecule has 0 aliphatic heterocycles. The number of phenols is 1. The molecule has 12 heavy (non-hydrogen) atoms. The molecule has 0 heterocycles. The summed E-state index contributed by atoms with van der Waals surface area (Å²) in [5, 5.41) is 8.82. The van der Waals surface area contributed by atoms with E-state index in [1.165, 1.54) is 12.1 Å². The van der Waals surface area contributed by atoms with Gasteiger partial charge in [0.1, 0.15) is 5.75 Å². The van der Waals surface area contributed by atoms with Crippen molar-refractivity contribution in [2.75, 3.05) is 6.67 Å². The van der Waals surface area contributed by atoms with Crippen LogP contribution in [0.1, 0.15) is 5.56 Å². The highest BCUT2D eigenvalue weighted by molar-refractivity contribution is 5.30. The molecule has 0 aliphatic rings. The number of alkyl halides is 3. The van der Waals surface area contributed by atoms with Gasteiger partial charge in [-0.25, -0.2) is 4.39 Å². The van der Waals surface area contributed by atoms with E-state index in [2.05, 4.69) is 0 Å². The minimum Gasteiger partial charge on any atom is -0.508 e. The standard InChI is InChI=1S/C8H7F3O/c9-5-8(10,11)6-2-1-3-7(12)4-6/h1-4,12H,5H2. The van der Waals surface area contributed by atoms with Crippen molar-refractivity contribution >= 4 is 0 Å². The first-order chi connectivity index (χ1) is 5.56. The van der Waals surface area contributed by atoms with Gasteiger partial charge >= 0.3 is 5.92 Å². The highest BCUT2D eigenvalue weighted by Gasteiger charge is 2.31. The largest absolute Gasteiger partial charge is 0.508 e. The fraction of sp³-hybridized carbons (Fsp3) is 0.250. The SMILES string of the molecule is Oc1cccc(C(F)(F)CF)c1. The fourth-order valence-corrected chi connectivity index (χ4v) is 0.811. The van der Waals surface area contributed by atoms with Gasteiger partial charge in [0.25, 0.3) is 0 Å². The molecule has 0 amide bonds. The average Bonchev–Trinajstić information content (AvgIpc) is 2.05. The first kappa shape index (κ1) is 8.90. The molecule has 0 bridgehead atoms. The quantitative estimate of drug-likeness (QED) is 0.733. The summed E-state index contributed by atoms with van der Waals surface area (Å²) in [7, 11) is 0. The number of hydrogen-bond donors (Lipinski definition) is 1. The molecule has 0 saturated heterocycles. The van der Waals surface area contributed by atoms with E-state index in [1.807, 2.05) is 0 Å². The lowest BCUT2D eigenvalue weighted by Crippen LogP contribution is -2.15. The van der Waals surface area contributed by atoms with E-state index in [9.17, 15) is 13.2 Å². The highest BCUT2D eigenvalue weighted by atomic mass is 19.3. The van der Waals surface area contributed by atoms with Gasteiger partial charge in [-0.2, -0.15) is 8.78 Å². The first-order valence-corrected chi connectivity index (χ1v) is 3.29. The Kier molecular flexibility index (Phi) is 2.26. The van der Waals surface area contributed by atoms with E-state index in [4.69, 9.17) is 5.11 Å². The van der Waals surface area contributed by atoms with E-state index < -0.39 is 18.2 Å². The molecule has 0 saturated carbocycles. The molecule has 0 atom stereocenters. The summed E-state index contributed by atoms with van der Waals surface area (Å²) in [6.07, 6.45) is 0. The van der Waals surface area contributed by atoms with Gasteiger partial charge in [0.2, 0.25) is 0 Å². The molecule has 1 rings (SSSR count). The summed E-state index contributed by atoms with van der Waals surface area (Å²) in [5.74, 6) is -3.79. The average molecular weight is 176 g/mol. The van der Waals surface area contributed by atoms with Gasteiger partial charge in [-0.1, -0.05) is 12.1 Å². The smallest absolute Gasteiger partial charge is 0.301 e. The second-order valence-electron chi connectivity index (χ2n) is 2.39. The predicted molar refractivity (Wildman–Crippen MR) is 38.0 cm³/mol. The number of phenolic OH excluding ortho intramolecular Hbond substituents is 1. The van der Waals surface area contributed by atoms with Gasteiger partial charge in [-0.05, 0) is 12.1 Å². The summed E-state index contributed by atoms with van der Waals surface area (Å²) < 4.78 is 36.9. The maximum Gasteiger partial charge on any atom is 0.301 e. The highest BCUT2D eigenvalue weighted by Crippen LogP contribution is 2.29. The molecule has 1 nitrogen and oxygen atoms in total. The molecule has 0 unspecified atom stereocenters. The molecule has 1 aromatic carbocycles. The molecular weight excluding hydrogens is 169 g/mol. The Labute approximate surface area is 67.5 Å². The Balaban J connectivity index is 3.03. The molecule has 0 spiro atoms. The number of benzene rings is 1. The molecule has 0 aromatic heterocycles. The Morgan fingerprint density at radius 1 is 1.33 bits per heavy atom. The maximum atomic E-state index is 12.6. The lowest BCUT2D eigenvalue weighted by atomic mass is 10.1. The number of aromatic hydroxyl groups is 1. The van der Waals surface area contributed by atoms with E-state index in [1.54, 1.807) is 0 Å². The molecule has 1 aromatic rings. The van der Waals surface area contributed by atoms with E-state index in [0.29, 0.717) is 0 Å². The first-order valence-electron chi connectivity index (χ1n) is 3.29. The van der Waals surface area contributed by atoms with Crippen molar-refractivity contribution in [3.05, 3.63) is 29.8 Å². The Hall–Kier alpha value is -1.19. The second-order valence-corrected chi connectivity index (χ2v) is 2.39. The van der Waals surface area contributed by atoms with Crippen molar-refractivity contribution < 1.29 is 18.3 Å². The number of hydrogen-bond acceptors (Lipinski definition) is 1. The third-order valence-electron chi connectivity index (χ3n) is 1.44. The van der Waals surface area contributed by atoms with Gasteiger partial charge in [-0.3, -0.25) is 0 Å². The summed E-state index contributed by atoms with van der Waals surface area (Å²) in [4.78, 5) is 0. The van der Waals surface area contributed by atoms with Crippen molar-refractivity contribution in [1.29, 1.82) is 0 Å². The van der Waals surface area contributed by atoms with Gasteiger partial charge in [0.05, 0.1) is 0 Å².